The zero-order chi connectivity index (χ0) is 7.84. The molecule has 3 heteroatoms. The Morgan fingerprint density at radius 3 is 3.18 bits per heavy atom. The minimum Gasteiger partial charge on any atom is -0.274 e. The number of carbonyl (C=O) groups excluding carboxylic acids is 1. The standard InChI is InChI=1S/C8H7NOS/c1-6-2-3-9-7(10)5-11-8(9)4-6/h2-5H,1H3. The molecule has 0 spiro atoms. The molecule has 2 aliphatic rings. The van der Waals surface area contributed by atoms with Crippen molar-refractivity contribution in [3.05, 3.63) is 23.9 Å². The number of allylic oxidation sites excluding steroid dienone is 2. The molecule has 0 bridgehead atoms. The van der Waals surface area contributed by atoms with E-state index in [1.807, 2.05) is 25.3 Å². The van der Waals surface area contributed by atoms with Gasteiger partial charge in [0.15, 0.2) is 0 Å². The quantitative estimate of drug-likeness (QED) is 0.490. The Kier molecular flexibility index (Phi) is 1.32. The highest BCUT2D eigenvalue weighted by molar-refractivity contribution is 7.99. The number of rotatable bonds is 0. The highest BCUT2D eigenvalue weighted by Crippen LogP contribution is 2.12. The first kappa shape index (κ1) is 6.61. The van der Waals surface area contributed by atoms with Crippen molar-refractivity contribution in [2.24, 2.45) is 0 Å². The summed E-state index contributed by atoms with van der Waals surface area (Å²) in [5.74, 6) is 0.0602. The molecular weight excluding hydrogens is 158 g/mol. The molecule has 0 atom stereocenters. The second-order valence-electron chi connectivity index (χ2n) is 2.49. The molecule has 0 fully saturated rings. The molecule has 0 aromatic rings. The topological polar surface area (TPSA) is 20.3 Å². The van der Waals surface area contributed by atoms with E-state index in [4.69, 9.17) is 0 Å². The van der Waals surface area contributed by atoms with Gasteiger partial charge in [0.05, 0.1) is 5.37 Å². The van der Waals surface area contributed by atoms with Gasteiger partial charge in [0, 0.05) is 6.20 Å². The van der Waals surface area contributed by atoms with Crippen LogP contribution in [0.25, 0.3) is 0 Å². The molecule has 2 rings (SSSR count). The Morgan fingerprint density at radius 1 is 1.55 bits per heavy atom. The number of nitrogens with zero attached hydrogens (tertiary/aromatic N) is 1. The normalized spacial score (nSPS) is 20.8. The Balaban J connectivity index is 2.45. The molecule has 56 valence electrons. The summed E-state index contributed by atoms with van der Waals surface area (Å²) in [5, 5.41) is 1.62. The van der Waals surface area contributed by atoms with Crippen molar-refractivity contribution >= 4 is 27.2 Å². The first-order valence-electron chi connectivity index (χ1n) is 3.34. The molecule has 1 amide bonds. The van der Waals surface area contributed by atoms with Crippen LogP contribution in [-0.4, -0.2) is 21.2 Å². The van der Waals surface area contributed by atoms with Crippen molar-refractivity contribution in [3.8, 4) is 0 Å². The maximum absolute atomic E-state index is 11.1. The zero-order valence-corrected chi connectivity index (χ0v) is 6.89. The Bertz CT molecular complexity index is 345. The van der Waals surface area contributed by atoms with Crippen LogP contribution in [0, 0.1) is 0 Å². The summed E-state index contributed by atoms with van der Waals surface area (Å²) in [5.41, 5.74) is 1.19. The molecule has 0 N–H and O–H groups in total. The number of amides is 1. The fraction of sp³-hybridized carbons (Fsp3) is 0.125. The van der Waals surface area contributed by atoms with Crippen LogP contribution in [0.3, 0.4) is 0 Å². The van der Waals surface area contributed by atoms with E-state index >= 15 is 0 Å². The first-order chi connectivity index (χ1) is 5.27. The average Bonchev–Trinajstić information content (AvgIpc) is 2.32. The van der Waals surface area contributed by atoms with Gasteiger partial charge in [-0.3, -0.25) is 9.69 Å². The molecule has 0 radical (unpaired) electrons. The van der Waals surface area contributed by atoms with Gasteiger partial charge in [0.25, 0.3) is 5.91 Å². The highest BCUT2D eigenvalue weighted by Gasteiger charge is 2.18. The molecule has 2 heterocycles. The number of hydrogen-bond donors (Lipinski definition) is 0. The molecule has 0 unspecified atom stereocenters. The summed E-state index contributed by atoms with van der Waals surface area (Å²) in [6.45, 7) is 2.02. The fourth-order valence-corrected chi connectivity index (χ4v) is 1.87. The van der Waals surface area contributed by atoms with Crippen molar-refractivity contribution in [2.45, 2.75) is 6.92 Å². The predicted octanol–water partition coefficient (Wildman–Crippen LogP) is 0.968. The van der Waals surface area contributed by atoms with Gasteiger partial charge < -0.3 is 0 Å². The Morgan fingerprint density at radius 2 is 2.36 bits per heavy atom. The largest absolute Gasteiger partial charge is 0.274 e. The summed E-state index contributed by atoms with van der Waals surface area (Å²) in [4.78, 5) is 13.7. The van der Waals surface area contributed by atoms with E-state index in [0.29, 0.717) is 0 Å². The minimum atomic E-state index is 0.0602. The third-order valence-electron chi connectivity index (χ3n) is 1.59. The summed E-state index contributed by atoms with van der Waals surface area (Å²) in [7, 11) is 1.48. The van der Waals surface area contributed by atoms with E-state index in [9.17, 15) is 4.79 Å². The molecule has 2 aliphatic heterocycles. The third-order valence-corrected chi connectivity index (χ3v) is 2.47. The van der Waals surface area contributed by atoms with Gasteiger partial charge in [-0.1, -0.05) is 0 Å². The van der Waals surface area contributed by atoms with Crippen LogP contribution in [0.15, 0.2) is 23.9 Å². The highest BCUT2D eigenvalue weighted by atomic mass is 32.1. The van der Waals surface area contributed by atoms with E-state index in [1.54, 1.807) is 10.3 Å². The molecular formula is C8H7NOS. The lowest BCUT2D eigenvalue weighted by Gasteiger charge is -2.15. The predicted molar refractivity (Wildman–Crippen MR) is 48.4 cm³/mol. The lowest BCUT2D eigenvalue weighted by Crippen LogP contribution is -2.28. The van der Waals surface area contributed by atoms with Gasteiger partial charge in [-0.25, -0.2) is 0 Å². The van der Waals surface area contributed by atoms with Crippen LogP contribution in [0.2, 0.25) is 0 Å². The fourth-order valence-electron chi connectivity index (χ4n) is 1.02. The van der Waals surface area contributed by atoms with Gasteiger partial charge in [0.1, 0.15) is 4.99 Å². The molecule has 0 saturated heterocycles. The van der Waals surface area contributed by atoms with E-state index < -0.39 is 0 Å². The summed E-state index contributed by atoms with van der Waals surface area (Å²) in [6, 6.07) is 0. The SMILES string of the molecule is CC1=CC2=S=CC(=O)N2C=C1. The van der Waals surface area contributed by atoms with Gasteiger partial charge in [-0.05, 0) is 24.6 Å². The van der Waals surface area contributed by atoms with Crippen molar-refractivity contribution in [1.29, 1.82) is 0 Å². The third kappa shape index (κ3) is 0.973. The summed E-state index contributed by atoms with van der Waals surface area (Å²) >= 11 is 0. The number of fused-ring (bicyclic) bond motifs is 1. The summed E-state index contributed by atoms with van der Waals surface area (Å²) < 4.78 is 0. The molecule has 0 aromatic carbocycles. The van der Waals surface area contributed by atoms with Crippen LogP contribution in [0.4, 0.5) is 0 Å². The lowest BCUT2D eigenvalue weighted by molar-refractivity contribution is -0.118. The van der Waals surface area contributed by atoms with Crippen LogP contribution in [0.5, 0.6) is 0 Å². The Labute approximate surface area is 68.4 Å². The van der Waals surface area contributed by atoms with Gasteiger partial charge in [-0.15, -0.1) is 10.9 Å². The minimum absolute atomic E-state index is 0.0602. The van der Waals surface area contributed by atoms with E-state index in [1.165, 1.54) is 16.5 Å². The molecule has 0 saturated carbocycles. The van der Waals surface area contributed by atoms with Gasteiger partial charge >= 0.3 is 0 Å². The lowest BCUT2D eigenvalue weighted by atomic mass is 10.2. The zero-order valence-electron chi connectivity index (χ0n) is 6.07. The monoisotopic (exact) mass is 165 g/mol. The molecule has 2 nitrogen and oxygen atoms in total. The Hall–Kier alpha value is -1.09. The average molecular weight is 165 g/mol. The van der Waals surface area contributed by atoms with Crippen molar-refractivity contribution in [2.75, 3.05) is 0 Å². The smallest absolute Gasteiger partial charge is 0.265 e. The van der Waals surface area contributed by atoms with Crippen molar-refractivity contribution in [3.63, 3.8) is 0 Å². The van der Waals surface area contributed by atoms with Gasteiger partial charge in [0.2, 0.25) is 0 Å². The maximum atomic E-state index is 11.1. The number of carbonyl (C=O) groups is 1. The number of hydrogen-bond acceptors (Lipinski definition) is 1. The van der Waals surface area contributed by atoms with E-state index in [-0.39, 0.29) is 5.91 Å². The van der Waals surface area contributed by atoms with Crippen LogP contribution in [0.1, 0.15) is 6.92 Å². The van der Waals surface area contributed by atoms with Gasteiger partial charge in [-0.2, -0.15) is 0 Å². The van der Waals surface area contributed by atoms with Crippen LogP contribution >= 0.6 is 10.9 Å². The van der Waals surface area contributed by atoms with Crippen LogP contribution < -0.4 is 0 Å². The maximum Gasteiger partial charge on any atom is 0.265 e. The first-order valence-corrected chi connectivity index (χ1v) is 4.22. The van der Waals surface area contributed by atoms with Crippen molar-refractivity contribution < 1.29 is 4.79 Å². The van der Waals surface area contributed by atoms with Crippen molar-refractivity contribution in [1.82, 2.24) is 4.90 Å². The second-order valence-corrected chi connectivity index (χ2v) is 3.38. The van der Waals surface area contributed by atoms with E-state index in [0.717, 1.165) is 4.99 Å². The second kappa shape index (κ2) is 2.20. The molecule has 0 aliphatic carbocycles. The summed E-state index contributed by atoms with van der Waals surface area (Å²) in [6.07, 6.45) is 5.75. The molecule has 0 aromatic heterocycles. The van der Waals surface area contributed by atoms with E-state index in [2.05, 4.69) is 0 Å². The van der Waals surface area contributed by atoms with Crippen LogP contribution in [-0.2, 0) is 4.79 Å². The molecule has 11 heavy (non-hydrogen) atoms.